The highest BCUT2D eigenvalue weighted by Crippen LogP contribution is 2.15. The van der Waals surface area contributed by atoms with Gasteiger partial charge in [0.05, 0.1) is 0 Å². The van der Waals surface area contributed by atoms with Gasteiger partial charge in [0.15, 0.2) is 0 Å². The van der Waals surface area contributed by atoms with Gasteiger partial charge in [-0.3, -0.25) is 14.4 Å². The first-order valence-corrected chi connectivity index (χ1v) is 7.96. The third-order valence-corrected chi connectivity index (χ3v) is 4.58. The molecule has 2 rings (SSSR count). The van der Waals surface area contributed by atoms with Gasteiger partial charge in [0, 0.05) is 29.2 Å². The maximum atomic E-state index is 12.4. The number of hydrogen-bond donors (Lipinski definition) is 1. The average molecular weight is 334 g/mol. The molecule has 0 saturated heterocycles. The molecule has 0 spiro atoms. The summed E-state index contributed by atoms with van der Waals surface area (Å²) in [5.74, 6) is -1.41. The Hall–Kier alpha value is -2.41. The number of carbonyl (C=O) groups is 2. The Kier molecular flexibility index (Phi) is 5.33. The minimum atomic E-state index is -1.08. The monoisotopic (exact) mass is 334 g/mol. The number of aliphatic carboxylic acids is 1. The molecular formula is C16H18N2O4S. The van der Waals surface area contributed by atoms with Crippen LogP contribution in [0.2, 0.25) is 0 Å². The summed E-state index contributed by atoms with van der Waals surface area (Å²) in [5.41, 5.74) is 1.38. The van der Waals surface area contributed by atoms with Crippen molar-refractivity contribution in [3.05, 3.63) is 50.6 Å². The van der Waals surface area contributed by atoms with E-state index in [2.05, 4.69) is 0 Å². The fourth-order valence-electron chi connectivity index (χ4n) is 2.25. The number of para-hydroxylation sites is 1. The molecule has 6 nitrogen and oxygen atoms in total. The molecule has 0 bridgehead atoms. The fourth-order valence-corrected chi connectivity index (χ4v) is 3.11. The van der Waals surface area contributed by atoms with Crippen LogP contribution in [0.5, 0.6) is 0 Å². The number of amides is 1. The van der Waals surface area contributed by atoms with Gasteiger partial charge in [-0.15, -0.1) is 0 Å². The van der Waals surface area contributed by atoms with Crippen LogP contribution < -0.4 is 9.77 Å². The van der Waals surface area contributed by atoms with E-state index in [0.717, 1.165) is 21.9 Å². The quantitative estimate of drug-likeness (QED) is 0.877. The van der Waals surface area contributed by atoms with E-state index in [1.54, 1.807) is 34.9 Å². The molecule has 0 aliphatic heterocycles. The Bertz CT molecular complexity index is 764. The smallest absolute Gasteiger partial charge is 0.323 e. The molecule has 1 amide bonds. The highest BCUT2D eigenvalue weighted by atomic mass is 32.1. The molecule has 0 aliphatic carbocycles. The van der Waals surface area contributed by atoms with Crippen LogP contribution >= 0.6 is 11.3 Å². The molecule has 1 N–H and O–H groups in total. The van der Waals surface area contributed by atoms with Gasteiger partial charge in [0.25, 0.3) is 0 Å². The molecule has 0 saturated carbocycles. The highest BCUT2D eigenvalue weighted by molar-refractivity contribution is 7.09. The second-order valence-electron chi connectivity index (χ2n) is 5.12. The molecule has 1 aromatic carbocycles. The van der Waals surface area contributed by atoms with Gasteiger partial charge in [-0.05, 0) is 26.0 Å². The molecule has 0 unspecified atom stereocenters. The maximum absolute atomic E-state index is 12.4. The van der Waals surface area contributed by atoms with E-state index in [4.69, 9.17) is 5.11 Å². The summed E-state index contributed by atoms with van der Waals surface area (Å²) >= 11 is 1.15. The van der Waals surface area contributed by atoms with Crippen LogP contribution in [-0.4, -0.2) is 28.1 Å². The molecule has 122 valence electrons. The number of rotatable bonds is 6. The molecule has 23 heavy (non-hydrogen) atoms. The number of hydrogen-bond acceptors (Lipinski definition) is 4. The first kappa shape index (κ1) is 17.0. The molecule has 1 aromatic heterocycles. The van der Waals surface area contributed by atoms with Crippen LogP contribution in [-0.2, 0) is 16.1 Å². The van der Waals surface area contributed by atoms with E-state index in [0.29, 0.717) is 5.69 Å². The molecule has 0 aliphatic rings. The molecule has 0 atom stereocenters. The van der Waals surface area contributed by atoms with Crippen LogP contribution in [0.25, 0.3) is 0 Å². The molecule has 0 radical (unpaired) electrons. The van der Waals surface area contributed by atoms with Crippen molar-refractivity contribution in [2.45, 2.75) is 26.8 Å². The third-order valence-electron chi connectivity index (χ3n) is 3.59. The third kappa shape index (κ3) is 4.07. The van der Waals surface area contributed by atoms with Crippen LogP contribution in [0, 0.1) is 13.8 Å². The summed E-state index contributed by atoms with van der Waals surface area (Å²) in [6, 6.07) is 8.66. The van der Waals surface area contributed by atoms with E-state index in [9.17, 15) is 14.4 Å². The Morgan fingerprint density at radius 2 is 1.87 bits per heavy atom. The highest BCUT2D eigenvalue weighted by Gasteiger charge is 2.19. The Morgan fingerprint density at radius 1 is 1.22 bits per heavy atom. The van der Waals surface area contributed by atoms with Crippen molar-refractivity contribution in [1.82, 2.24) is 4.57 Å². The number of nitrogens with zero attached hydrogens (tertiary/aromatic N) is 2. The number of aromatic nitrogens is 1. The largest absolute Gasteiger partial charge is 0.480 e. The number of thiazole rings is 1. The van der Waals surface area contributed by atoms with E-state index >= 15 is 0 Å². The van der Waals surface area contributed by atoms with Crippen LogP contribution in [0.1, 0.15) is 17.0 Å². The van der Waals surface area contributed by atoms with Gasteiger partial charge in [-0.1, -0.05) is 29.5 Å². The average Bonchev–Trinajstić information content (AvgIpc) is 2.76. The number of anilines is 1. The number of carboxylic acid groups (broad SMARTS) is 1. The van der Waals surface area contributed by atoms with Crippen LogP contribution in [0.3, 0.4) is 0 Å². The second kappa shape index (κ2) is 7.23. The summed E-state index contributed by atoms with van der Waals surface area (Å²) in [4.78, 5) is 37.4. The van der Waals surface area contributed by atoms with E-state index < -0.39 is 12.5 Å². The summed E-state index contributed by atoms with van der Waals surface area (Å²) < 4.78 is 1.56. The summed E-state index contributed by atoms with van der Waals surface area (Å²) in [7, 11) is 0. The lowest BCUT2D eigenvalue weighted by Gasteiger charge is -2.21. The second-order valence-corrected chi connectivity index (χ2v) is 6.29. The lowest BCUT2D eigenvalue weighted by molar-refractivity contribution is -0.136. The summed E-state index contributed by atoms with van der Waals surface area (Å²) in [6.45, 7) is 3.54. The normalized spacial score (nSPS) is 10.5. The first-order valence-electron chi connectivity index (χ1n) is 7.14. The van der Waals surface area contributed by atoms with Gasteiger partial charge in [0.1, 0.15) is 6.54 Å². The van der Waals surface area contributed by atoms with Crippen molar-refractivity contribution in [3.63, 3.8) is 0 Å². The zero-order chi connectivity index (χ0) is 17.0. The summed E-state index contributed by atoms with van der Waals surface area (Å²) in [6.07, 6.45) is 0.0685. The Morgan fingerprint density at radius 3 is 2.39 bits per heavy atom. The van der Waals surface area contributed by atoms with Crippen LogP contribution in [0.4, 0.5) is 5.69 Å². The molecule has 1 heterocycles. The Balaban J connectivity index is 2.15. The minimum absolute atomic E-state index is 0.0685. The van der Waals surface area contributed by atoms with Crippen molar-refractivity contribution in [2.75, 3.05) is 11.4 Å². The molecular weight excluding hydrogens is 316 g/mol. The zero-order valence-electron chi connectivity index (χ0n) is 13.0. The molecule has 7 heteroatoms. The van der Waals surface area contributed by atoms with Crippen molar-refractivity contribution in [1.29, 1.82) is 0 Å². The van der Waals surface area contributed by atoms with Gasteiger partial charge in [-0.2, -0.15) is 0 Å². The predicted octanol–water partition coefficient (Wildman–Crippen LogP) is 2.03. The van der Waals surface area contributed by atoms with Crippen molar-refractivity contribution >= 4 is 28.9 Å². The van der Waals surface area contributed by atoms with Crippen LogP contribution in [0.15, 0.2) is 35.1 Å². The Labute approximate surface area is 137 Å². The van der Waals surface area contributed by atoms with Gasteiger partial charge in [-0.25, -0.2) is 0 Å². The van der Waals surface area contributed by atoms with E-state index in [1.165, 1.54) is 4.90 Å². The zero-order valence-corrected chi connectivity index (χ0v) is 13.8. The number of carbonyl (C=O) groups excluding carboxylic acids is 1. The van der Waals surface area contributed by atoms with Gasteiger partial charge < -0.3 is 14.6 Å². The van der Waals surface area contributed by atoms with Crippen molar-refractivity contribution in [2.24, 2.45) is 0 Å². The minimum Gasteiger partial charge on any atom is -0.480 e. The number of aryl methyl sites for hydroxylation is 1. The SMILES string of the molecule is Cc1sc(=O)n(CCC(=O)N(CC(=O)O)c2ccccc2)c1C. The van der Waals surface area contributed by atoms with Gasteiger partial charge in [0.2, 0.25) is 5.91 Å². The lowest BCUT2D eigenvalue weighted by Crippen LogP contribution is -2.36. The summed E-state index contributed by atoms with van der Waals surface area (Å²) in [5, 5.41) is 9.02. The number of carboxylic acids is 1. The maximum Gasteiger partial charge on any atom is 0.323 e. The topological polar surface area (TPSA) is 79.6 Å². The first-order chi connectivity index (χ1) is 10.9. The van der Waals surface area contributed by atoms with E-state index in [-0.39, 0.29) is 23.7 Å². The van der Waals surface area contributed by atoms with Gasteiger partial charge >= 0.3 is 10.8 Å². The molecule has 0 fully saturated rings. The fraction of sp³-hybridized carbons (Fsp3) is 0.312. The van der Waals surface area contributed by atoms with E-state index in [1.807, 2.05) is 13.8 Å². The standard InChI is InChI=1S/C16H18N2O4S/c1-11-12(2)23-16(22)17(11)9-8-14(19)18(10-15(20)21)13-6-4-3-5-7-13/h3-7H,8-10H2,1-2H3,(H,20,21). The van der Waals surface area contributed by atoms with Crippen molar-refractivity contribution in [3.8, 4) is 0 Å². The predicted molar refractivity (Wildman–Crippen MR) is 89.1 cm³/mol. The lowest BCUT2D eigenvalue weighted by atomic mass is 10.2. The number of benzene rings is 1. The van der Waals surface area contributed by atoms with Crippen molar-refractivity contribution < 1.29 is 14.7 Å². The molecule has 2 aromatic rings.